The Labute approximate surface area is 75.5 Å². The van der Waals surface area contributed by atoms with Gasteiger partial charge >= 0.3 is 5.97 Å². The van der Waals surface area contributed by atoms with Gasteiger partial charge in [-0.2, -0.15) is 0 Å². The molecule has 0 unspecified atom stereocenters. The fourth-order valence-corrected chi connectivity index (χ4v) is 0.595. The van der Waals surface area contributed by atoms with E-state index in [0.717, 1.165) is 0 Å². The van der Waals surface area contributed by atoms with Gasteiger partial charge in [0.25, 0.3) is 0 Å². The Morgan fingerprint density at radius 1 is 1.31 bits per heavy atom. The maximum Gasteiger partial charge on any atom is 0.319 e. The first kappa shape index (κ1) is 12.3. The van der Waals surface area contributed by atoms with Gasteiger partial charge in [-0.1, -0.05) is 0 Å². The predicted octanol–water partition coefficient (Wildman–Crippen LogP) is -0.719. The van der Waals surface area contributed by atoms with Crippen molar-refractivity contribution in [2.75, 3.05) is 19.8 Å². The first-order chi connectivity index (χ1) is 6.16. The molecule has 0 aliphatic heterocycles. The number of hydrogen-bond acceptors (Lipinski definition) is 7. The van der Waals surface area contributed by atoms with Crippen LogP contribution in [-0.4, -0.2) is 41.5 Å². The molecule has 0 heterocycles. The van der Waals surface area contributed by atoms with Crippen molar-refractivity contribution in [1.82, 2.24) is 5.39 Å². The van der Waals surface area contributed by atoms with Crippen LogP contribution in [0.25, 0.3) is 0 Å². The van der Waals surface area contributed by atoms with E-state index in [1.165, 1.54) is 0 Å². The van der Waals surface area contributed by atoms with E-state index in [0.29, 0.717) is 12.8 Å². The van der Waals surface area contributed by atoms with Crippen molar-refractivity contribution in [1.29, 1.82) is 0 Å². The van der Waals surface area contributed by atoms with Crippen LogP contribution >= 0.6 is 0 Å². The molecule has 0 aliphatic carbocycles. The summed E-state index contributed by atoms with van der Waals surface area (Å²) in [5.41, 5.74) is 4.98. The minimum atomic E-state index is -0.452. The van der Waals surface area contributed by atoms with Crippen LogP contribution in [0.2, 0.25) is 0 Å². The molecule has 0 saturated heterocycles. The van der Waals surface area contributed by atoms with Crippen LogP contribution in [0.4, 0.5) is 0 Å². The van der Waals surface area contributed by atoms with E-state index in [-0.39, 0.29) is 25.1 Å². The number of esters is 1. The topological polar surface area (TPSA) is 105 Å². The monoisotopic (exact) mass is 194 g/mol. The number of unbranched alkanes of at least 4 members (excludes halogenated alkanes) is 1. The average Bonchev–Trinajstić information content (AvgIpc) is 2.10. The molecule has 0 amide bonds. The summed E-state index contributed by atoms with van der Waals surface area (Å²) in [7, 11) is 0. The Balaban J connectivity index is 3.04. The molecule has 0 atom stereocenters. The van der Waals surface area contributed by atoms with Crippen LogP contribution in [-0.2, 0) is 14.4 Å². The SMILES string of the molecule is NCC(=O)OCCCCON(O)O. The summed E-state index contributed by atoms with van der Waals surface area (Å²) in [6.07, 6.45) is 1.13. The number of hydrogen-bond donors (Lipinski definition) is 3. The van der Waals surface area contributed by atoms with Gasteiger partial charge in [-0.15, -0.1) is 0 Å². The highest BCUT2D eigenvalue weighted by atomic mass is 17.1. The fraction of sp³-hybridized carbons (Fsp3) is 0.833. The number of nitrogens with zero attached hydrogens (tertiary/aromatic N) is 1. The highest BCUT2D eigenvalue weighted by molar-refractivity contribution is 5.71. The van der Waals surface area contributed by atoms with Crippen molar-refractivity contribution >= 4 is 5.97 Å². The molecule has 0 spiro atoms. The summed E-state index contributed by atoms with van der Waals surface area (Å²) in [4.78, 5) is 14.7. The number of ether oxygens (including phenoxy) is 1. The molecule has 4 N–H and O–H groups in total. The molecular formula is C6H14N2O5. The van der Waals surface area contributed by atoms with Crippen molar-refractivity contribution < 1.29 is 24.8 Å². The highest BCUT2D eigenvalue weighted by Gasteiger charge is 1.98. The molecule has 0 saturated carbocycles. The van der Waals surface area contributed by atoms with E-state index in [4.69, 9.17) is 16.1 Å². The van der Waals surface area contributed by atoms with Gasteiger partial charge in [0, 0.05) is 0 Å². The lowest BCUT2D eigenvalue weighted by atomic mass is 10.3. The quantitative estimate of drug-likeness (QED) is 0.279. The summed E-state index contributed by atoms with van der Waals surface area (Å²) < 4.78 is 4.64. The zero-order valence-electron chi connectivity index (χ0n) is 7.18. The van der Waals surface area contributed by atoms with Gasteiger partial charge < -0.3 is 10.5 Å². The summed E-state index contributed by atoms with van der Waals surface area (Å²) in [5.74, 6) is -0.452. The van der Waals surface area contributed by atoms with Crippen LogP contribution in [0, 0.1) is 0 Å². The van der Waals surface area contributed by atoms with Crippen LogP contribution in [0.5, 0.6) is 0 Å². The van der Waals surface area contributed by atoms with Crippen molar-refractivity contribution in [2.24, 2.45) is 5.73 Å². The Kier molecular flexibility index (Phi) is 7.45. The van der Waals surface area contributed by atoms with Gasteiger partial charge in [-0.3, -0.25) is 20.0 Å². The predicted molar refractivity (Wildman–Crippen MR) is 40.6 cm³/mol. The molecule has 7 heteroatoms. The Morgan fingerprint density at radius 2 is 1.92 bits per heavy atom. The minimum absolute atomic E-state index is 0.127. The molecule has 78 valence electrons. The summed E-state index contributed by atoms with van der Waals surface area (Å²) in [5, 5.41) is 15.8. The number of nitrogens with two attached hydrogens (primary N) is 1. The smallest absolute Gasteiger partial charge is 0.319 e. The van der Waals surface area contributed by atoms with E-state index in [9.17, 15) is 4.79 Å². The largest absolute Gasteiger partial charge is 0.465 e. The molecule has 0 aliphatic rings. The Hall–Kier alpha value is -0.730. The van der Waals surface area contributed by atoms with Gasteiger partial charge in [0.05, 0.1) is 25.1 Å². The molecule has 0 aromatic heterocycles. The lowest BCUT2D eigenvalue weighted by Crippen LogP contribution is -2.18. The standard InChI is InChI=1S/C6H14N2O5/c7-5-6(9)12-3-1-2-4-13-8(10)11/h10-11H,1-5,7H2. The van der Waals surface area contributed by atoms with E-state index in [2.05, 4.69) is 9.57 Å². The van der Waals surface area contributed by atoms with E-state index >= 15 is 0 Å². The van der Waals surface area contributed by atoms with Crippen LogP contribution in [0.3, 0.4) is 0 Å². The summed E-state index contributed by atoms with van der Waals surface area (Å²) >= 11 is 0. The third kappa shape index (κ3) is 9.18. The van der Waals surface area contributed by atoms with Gasteiger partial charge in [-0.05, 0) is 12.8 Å². The lowest BCUT2D eigenvalue weighted by molar-refractivity contribution is -0.492. The maximum absolute atomic E-state index is 10.5. The van der Waals surface area contributed by atoms with E-state index in [1.807, 2.05) is 0 Å². The number of carbonyl (C=O) groups is 1. The van der Waals surface area contributed by atoms with Gasteiger partial charge in [0.15, 0.2) is 0 Å². The summed E-state index contributed by atoms with van der Waals surface area (Å²) in [6, 6.07) is 0. The van der Waals surface area contributed by atoms with Crippen LogP contribution < -0.4 is 5.73 Å². The van der Waals surface area contributed by atoms with Gasteiger partial charge in [0.1, 0.15) is 0 Å². The second kappa shape index (κ2) is 7.90. The highest BCUT2D eigenvalue weighted by Crippen LogP contribution is 1.92. The average molecular weight is 194 g/mol. The molecule has 0 radical (unpaired) electrons. The van der Waals surface area contributed by atoms with Crippen molar-refractivity contribution in [3.8, 4) is 0 Å². The second-order valence-corrected chi connectivity index (χ2v) is 2.22. The van der Waals surface area contributed by atoms with Crippen LogP contribution in [0.1, 0.15) is 12.8 Å². The maximum atomic E-state index is 10.5. The molecule has 0 bridgehead atoms. The zero-order valence-corrected chi connectivity index (χ0v) is 7.18. The first-order valence-electron chi connectivity index (χ1n) is 3.83. The van der Waals surface area contributed by atoms with Crippen molar-refractivity contribution in [2.45, 2.75) is 12.8 Å². The third-order valence-electron chi connectivity index (χ3n) is 1.18. The molecule has 7 nitrogen and oxygen atoms in total. The number of carbonyl (C=O) groups excluding carboxylic acids is 1. The van der Waals surface area contributed by atoms with Crippen molar-refractivity contribution in [3.63, 3.8) is 0 Å². The second-order valence-electron chi connectivity index (χ2n) is 2.22. The third-order valence-corrected chi connectivity index (χ3v) is 1.18. The normalized spacial score (nSPS) is 10.5. The molecular weight excluding hydrogens is 180 g/mol. The molecule has 0 aromatic carbocycles. The van der Waals surface area contributed by atoms with E-state index in [1.54, 1.807) is 0 Å². The van der Waals surface area contributed by atoms with Crippen molar-refractivity contribution in [3.05, 3.63) is 0 Å². The molecule has 13 heavy (non-hydrogen) atoms. The first-order valence-corrected chi connectivity index (χ1v) is 3.83. The molecule has 0 fully saturated rings. The zero-order chi connectivity index (χ0) is 10.1. The van der Waals surface area contributed by atoms with Gasteiger partial charge in [-0.25, -0.2) is 0 Å². The molecule has 0 aromatic rings. The Bertz CT molecular complexity index is 141. The molecule has 0 rings (SSSR count). The lowest BCUT2D eigenvalue weighted by Gasteiger charge is -2.05. The minimum Gasteiger partial charge on any atom is -0.465 e. The number of rotatable bonds is 7. The Morgan fingerprint density at radius 3 is 2.46 bits per heavy atom. The van der Waals surface area contributed by atoms with E-state index < -0.39 is 5.97 Å². The fourth-order valence-electron chi connectivity index (χ4n) is 0.595. The van der Waals surface area contributed by atoms with Gasteiger partial charge in [0.2, 0.25) is 0 Å². The summed E-state index contributed by atoms with van der Waals surface area (Å²) in [6.45, 7) is 0.279. The van der Waals surface area contributed by atoms with Crippen LogP contribution in [0.15, 0.2) is 0 Å².